The topological polar surface area (TPSA) is 59.8 Å². The van der Waals surface area contributed by atoms with Gasteiger partial charge in [0.1, 0.15) is 11.3 Å². The number of ether oxygens (including phenoxy) is 1. The van der Waals surface area contributed by atoms with Crippen LogP contribution in [0, 0.1) is 0 Å². The number of methoxy groups -OCH3 is 1. The second kappa shape index (κ2) is 7.15. The van der Waals surface area contributed by atoms with Crippen molar-refractivity contribution >= 4 is 38.5 Å². The number of hydrogen-bond acceptors (Lipinski definition) is 4. The number of rotatable bonds is 3. The van der Waals surface area contributed by atoms with Crippen molar-refractivity contribution in [3.8, 4) is 5.75 Å². The minimum atomic E-state index is -0.598. The number of para-hydroxylation sites is 1. The van der Waals surface area contributed by atoms with E-state index >= 15 is 0 Å². The second-order valence-corrected chi connectivity index (χ2v) is 7.92. The van der Waals surface area contributed by atoms with Crippen LogP contribution in [0.15, 0.2) is 86.5 Å². The monoisotopic (exact) mass is 461 g/mol. The van der Waals surface area contributed by atoms with E-state index in [1.807, 2.05) is 24.3 Å². The number of carbonyl (C=O) groups is 1. The highest BCUT2D eigenvalue weighted by atomic mass is 79.9. The van der Waals surface area contributed by atoms with Gasteiger partial charge in [-0.25, -0.2) is 0 Å². The summed E-state index contributed by atoms with van der Waals surface area (Å²) in [6.45, 7) is 0. The maximum Gasteiger partial charge on any atom is 0.295 e. The Balaban J connectivity index is 1.79. The number of halogens is 1. The van der Waals surface area contributed by atoms with E-state index in [4.69, 9.17) is 9.15 Å². The van der Waals surface area contributed by atoms with E-state index in [1.54, 1.807) is 60.5 Å². The highest BCUT2D eigenvalue weighted by Crippen LogP contribution is 2.41. The molecule has 0 bridgehead atoms. The van der Waals surface area contributed by atoms with Crippen molar-refractivity contribution in [3.05, 3.63) is 104 Å². The van der Waals surface area contributed by atoms with Gasteiger partial charge in [-0.05, 0) is 54.1 Å². The third kappa shape index (κ3) is 2.83. The Labute approximate surface area is 180 Å². The molecule has 1 amide bonds. The first kappa shape index (κ1) is 18.6. The summed E-state index contributed by atoms with van der Waals surface area (Å²) >= 11 is 3.50. The summed E-state index contributed by atoms with van der Waals surface area (Å²) in [5.41, 5.74) is 2.03. The van der Waals surface area contributed by atoms with Gasteiger partial charge in [0.25, 0.3) is 5.91 Å². The molecule has 1 aliphatic rings. The molecule has 1 aliphatic heterocycles. The maximum atomic E-state index is 13.5. The summed E-state index contributed by atoms with van der Waals surface area (Å²) in [7, 11) is 1.59. The van der Waals surface area contributed by atoms with Crippen molar-refractivity contribution in [2.45, 2.75) is 6.04 Å². The van der Waals surface area contributed by atoms with Crippen molar-refractivity contribution in [1.29, 1.82) is 0 Å². The fourth-order valence-electron chi connectivity index (χ4n) is 3.92. The third-order valence-electron chi connectivity index (χ3n) is 5.29. The van der Waals surface area contributed by atoms with Crippen LogP contribution < -0.4 is 15.1 Å². The quantitative estimate of drug-likeness (QED) is 0.414. The van der Waals surface area contributed by atoms with Crippen LogP contribution in [0.5, 0.6) is 5.75 Å². The van der Waals surface area contributed by atoms with Crippen molar-refractivity contribution < 1.29 is 13.9 Å². The molecule has 0 N–H and O–H groups in total. The lowest BCUT2D eigenvalue weighted by atomic mass is 9.98. The van der Waals surface area contributed by atoms with Gasteiger partial charge in [0, 0.05) is 10.2 Å². The number of anilines is 1. The fraction of sp³-hybridized carbons (Fsp3) is 0.0833. The summed E-state index contributed by atoms with van der Waals surface area (Å²) in [6, 6.07) is 21.2. The SMILES string of the molecule is COc1ccc(N2C(=O)c3oc4ccccc4c(=O)c3C2c2cccc(Br)c2)cc1. The average molecular weight is 462 g/mol. The molecule has 1 aromatic heterocycles. The van der Waals surface area contributed by atoms with E-state index in [2.05, 4.69) is 15.9 Å². The van der Waals surface area contributed by atoms with Crippen LogP contribution in [0.25, 0.3) is 11.0 Å². The third-order valence-corrected chi connectivity index (χ3v) is 5.79. The van der Waals surface area contributed by atoms with Gasteiger partial charge in [-0.3, -0.25) is 14.5 Å². The molecular formula is C24H16BrNO4. The van der Waals surface area contributed by atoms with E-state index in [-0.39, 0.29) is 17.1 Å². The van der Waals surface area contributed by atoms with Gasteiger partial charge in [-0.15, -0.1) is 0 Å². The van der Waals surface area contributed by atoms with Crippen molar-refractivity contribution in [3.63, 3.8) is 0 Å². The number of nitrogens with zero attached hydrogens (tertiary/aromatic N) is 1. The van der Waals surface area contributed by atoms with E-state index in [0.717, 1.165) is 10.0 Å². The number of amides is 1. The summed E-state index contributed by atoms with van der Waals surface area (Å²) in [5.74, 6) is 0.421. The van der Waals surface area contributed by atoms with E-state index in [1.165, 1.54) is 0 Å². The van der Waals surface area contributed by atoms with Crippen LogP contribution in [0.4, 0.5) is 5.69 Å². The number of hydrogen-bond donors (Lipinski definition) is 0. The zero-order chi connectivity index (χ0) is 20.8. The van der Waals surface area contributed by atoms with Crippen LogP contribution in [0.3, 0.4) is 0 Å². The minimum absolute atomic E-state index is 0.0829. The van der Waals surface area contributed by atoms with E-state index < -0.39 is 6.04 Å². The lowest BCUT2D eigenvalue weighted by Gasteiger charge is -2.25. The Bertz CT molecular complexity index is 1340. The van der Waals surface area contributed by atoms with Crippen LogP contribution in [-0.2, 0) is 0 Å². The molecule has 1 unspecified atom stereocenters. The van der Waals surface area contributed by atoms with Gasteiger partial charge in [-0.2, -0.15) is 0 Å². The average Bonchev–Trinajstić information content (AvgIpc) is 3.07. The standard InChI is InChI=1S/C24H16BrNO4/c1-29-17-11-9-16(10-12-17)26-21(14-5-4-6-15(25)13-14)20-22(27)18-7-2-3-8-19(18)30-23(20)24(26)28/h2-13,21H,1H3. The molecule has 148 valence electrons. The van der Waals surface area contributed by atoms with Gasteiger partial charge in [0.05, 0.1) is 24.1 Å². The molecule has 2 heterocycles. The number of benzene rings is 3. The molecule has 3 aromatic carbocycles. The molecule has 0 spiro atoms. The van der Waals surface area contributed by atoms with Crippen molar-refractivity contribution in [2.75, 3.05) is 12.0 Å². The summed E-state index contributed by atoms with van der Waals surface area (Å²) in [6.07, 6.45) is 0. The van der Waals surface area contributed by atoms with Crippen molar-refractivity contribution in [2.24, 2.45) is 0 Å². The predicted molar refractivity (Wildman–Crippen MR) is 118 cm³/mol. The number of fused-ring (bicyclic) bond motifs is 2. The van der Waals surface area contributed by atoms with Crippen LogP contribution in [0.1, 0.15) is 27.7 Å². The largest absolute Gasteiger partial charge is 0.497 e. The Morgan fingerprint density at radius 3 is 2.47 bits per heavy atom. The van der Waals surface area contributed by atoms with E-state index in [9.17, 15) is 9.59 Å². The minimum Gasteiger partial charge on any atom is -0.497 e. The highest BCUT2D eigenvalue weighted by Gasteiger charge is 2.43. The summed E-state index contributed by atoms with van der Waals surface area (Å²) < 4.78 is 12.1. The lowest BCUT2D eigenvalue weighted by molar-refractivity contribution is 0.0971. The Morgan fingerprint density at radius 1 is 0.967 bits per heavy atom. The molecule has 0 aliphatic carbocycles. The molecule has 0 radical (unpaired) electrons. The first-order chi connectivity index (χ1) is 14.6. The molecule has 30 heavy (non-hydrogen) atoms. The van der Waals surface area contributed by atoms with Crippen LogP contribution >= 0.6 is 15.9 Å². The Kier molecular flexibility index (Phi) is 4.44. The first-order valence-electron chi connectivity index (χ1n) is 9.37. The molecular weight excluding hydrogens is 446 g/mol. The summed E-state index contributed by atoms with van der Waals surface area (Å²) in [4.78, 5) is 28.5. The molecule has 5 rings (SSSR count). The van der Waals surface area contributed by atoms with E-state index in [0.29, 0.717) is 28.0 Å². The van der Waals surface area contributed by atoms with Crippen LogP contribution in [-0.4, -0.2) is 13.0 Å². The molecule has 0 fully saturated rings. The maximum absolute atomic E-state index is 13.5. The first-order valence-corrected chi connectivity index (χ1v) is 10.2. The Morgan fingerprint density at radius 2 is 1.73 bits per heavy atom. The molecule has 1 atom stereocenters. The highest BCUT2D eigenvalue weighted by molar-refractivity contribution is 9.10. The second-order valence-electron chi connectivity index (χ2n) is 7.00. The van der Waals surface area contributed by atoms with Gasteiger partial charge < -0.3 is 9.15 Å². The zero-order valence-electron chi connectivity index (χ0n) is 16.0. The van der Waals surface area contributed by atoms with Crippen molar-refractivity contribution in [1.82, 2.24) is 0 Å². The zero-order valence-corrected chi connectivity index (χ0v) is 17.5. The van der Waals surface area contributed by atoms with Gasteiger partial charge in [-0.1, -0.05) is 40.2 Å². The molecule has 6 heteroatoms. The van der Waals surface area contributed by atoms with Gasteiger partial charge in [0.15, 0.2) is 5.43 Å². The molecule has 0 saturated carbocycles. The Hall–Kier alpha value is -3.38. The number of carbonyl (C=O) groups excluding carboxylic acids is 1. The molecule has 0 saturated heterocycles. The molecule has 4 aromatic rings. The smallest absolute Gasteiger partial charge is 0.295 e. The fourth-order valence-corrected chi connectivity index (χ4v) is 4.34. The normalized spacial score (nSPS) is 15.5. The van der Waals surface area contributed by atoms with Crippen LogP contribution in [0.2, 0.25) is 0 Å². The lowest BCUT2D eigenvalue weighted by Crippen LogP contribution is -2.29. The van der Waals surface area contributed by atoms with Gasteiger partial charge in [0.2, 0.25) is 5.76 Å². The summed E-state index contributed by atoms with van der Waals surface area (Å²) in [5, 5.41) is 0.459. The molecule has 5 nitrogen and oxygen atoms in total. The predicted octanol–water partition coefficient (Wildman–Crippen LogP) is 5.31. The van der Waals surface area contributed by atoms with Gasteiger partial charge >= 0.3 is 0 Å².